The second kappa shape index (κ2) is 6.09. The molecule has 1 fully saturated rings. The molecule has 0 aliphatic carbocycles. The maximum absolute atomic E-state index is 12.3. The third-order valence-electron chi connectivity index (χ3n) is 3.81. The summed E-state index contributed by atoms with van der Waals surface area (Å²) in [7, 11) is 0. The van der Waals surface area contributed by atoms with Gasteiger partial charge in [-0.05, 0) is 42.8 Å². The van der Waals surface area contributed by atoms with Crippen molar-refractivity contribution in [2.75, 3.05) is 10.7 Å². The molecule has 0 spiro atoms. The van der Waals surface area contributed by atoms with Crippen molar-refractivity contribution in [2.45, 2.75) is 6.92 Å². The first kappa shape index (κ1) is 14.9. The van der Waals surface area contributed by atoms with Crippen LogP contribution in [0.25, 0.3) is 6.08 Å². The van der Waals surface area contributed by atoms with E-state index in [1.54, 1.807) is 16.7 Å². The highest BCUT2D eigenvalue weighted by molar-refractivity contribution is 8.04. The van der Waals surface area contributed by atoms with Gasteiger partial charge in [0.25, 0.3) is 0 Å². The van der Waals surface area contributed by atoms with Gasteiger partial charge in [0.15, 0.2) is 11.5 Å². The summed E-state index contributed by atoms with van der Waals surface area (Å²) in [6.07, 6.45) is 5.01. The fourth-order valence-corrected chi connectivity index (χ4v) is 3.56. The summed E-state index contributed by atoms with van der Waals surface area (Å²) < 4.78 is 10.8. The van der Waals surface area contributed by atoms with Crippen LogP contribution in [0.3, 0.4) is 0 Å². The lowest BCUT2D eigenvalue weighted by Crippen LogP contribution is -2.23. The number of hydrogen-bond acceptors (Lipinski definition) is 4. The molecule has 0 saturated carbocycles. The molecule has 4 rings (SSSR count). The molecular formula is C19H15NO3S. The highest BCUT2D eigenvalue weighted by Gasteiger charge is 2.28. The van der Waals surface area contributed by atoms with E-state index < -0.39 is 0 Å². The second-order valence-corrected chi connectivity index (χ2v) is 6.55. The fourth-order valence-electron chi connectivity index (χ4n) is 2.61. The van der Waals surface area contributed by atoms with Crippen LogP contribution in [-0.2, 0) is 4.79 Å². The third-order valence-corrected chi connectivity index (χ3v) is 4.80. The van der Waals surface area contributed by atoms with E-state index >= 15 is 0 Å². The summed E-state index contributed by atoms with van der Waals surface area (Å²) in [6, 6.07) is 13.7. The topological polar surface area (TPSA) is 38.8 Å². The van der Waals surface area contributed by atoms with Gasteiger partial charge in [0, 0.05) is 5.69 Å². The van der Waals surface area contributed by atoms with E-state index in [9.17, 15) is 4.79 Å². The number of fused-ring (bicyclic) bond motifs is 1. The zero-order chi connectivity index (χ0) is 16.5. The SMILES string of the molecule is Cc1ccc(N2C(=O)CSC2=Cc2ccc3c(c2)OC=CO3)cc1. The van der Waals surface area contributed by atoms with Gasteiger partial charge in [-0.15, -0.1) is 0 Å². The predicted molar refractivity (Wildman–Crippen MR) is 95.9 cm³/mol. The van der Waals surface area contributed by atoms with Crippen LogP contribution in [-0.4, -0.2) is 11.7 Å². The van der Waals surface area contributed by atoms with Crippen molar-refractivity contribution >= 4 is 29.4 Å². The van der Waals surface area contributed by atoms with Gasteiger partial charge in [0.05, 0.1) is 10.8 Å². The number of amides is 1. The van der Waals surface area contributed by atoms with Crippen LogP contribution in [0.15, 0.2) is 60.0 Å². The molecule has 24 heavy (non-hydrogen) atoms. The van der Waals surface area contributed by atoms with Gasteiger partial charge in [0.2, 0.25) is 5.91 Å². The number of rotatable bonds is 2. The molecule has 2 aromatic rings. The van der Waals surface area contributed by atoms with Crippen molar-refractivity contribution in [2.24, 2.45) is 0 Å². The molecule has 0 N–H and O–H groups in total. The van der Waals surface area contributed by atoms with Gasteiger partial charge in [-0.1, -0.05) is 35.5 Å². The Morgan fingerprint density at radius 3 is 2.58 bits per heavy atom. The van der Waals surface area contributed by atoms with Crippen molar-refractivity contribution in [1.29, 1.82) is 0 Å². The van der Waals surface area contributed by atoms with E-state index in [0.29, 0.717) is 17.3 Å². The van der Waals surface area contributed by atoms with Crippen LogP contribution >= 0.6 is 11.8 Å². The second-order valence-electron chi connectivity index (χ2n) is 5.55. The Labute approximate surface area is 144 Å². The van der Waals surface area contributed by atoms with E-state index in [1.807, 2.05) is 55.5 Å². The average molecular weight is 337 g/mol. The standard InChI is InChI=1S/C19H15NO3S/c1-13-2-5-15(6-3-13)20-18(21)12-24-19(20)11-14-4-7-16-17(10-14)23-9-8-22-16/h2-11H,12H2,1H3. The number of aryl methyl sites for hydroxylation is 1. The number of carbonyl (C=O) groups excluding carboxylic acids is 1. The molecule has 0 unspecified atom stereocenters. The van der Waals surface area contributed by atoms with E-state index in [1.165, 1.54) is 18.1 Å². The molecule has 0 radical (unpaired) electrons. The van der Waals surface area contributed by atoms with Crippen LogP contribution in [0, 0.1) is 6.92 Å². The number of hydrogen-bond donors (Lipinski definition) is 0. The van der Waals surface area contributed by atoms with E-state index in [2.05, 4.69) is 0 Å². The summed E-state index contributed by atoms with van der Waals surface area (Å²) in [4.78, 5) is 14.1. The van der Waals surface area contributed by atoms with Crippen LogP contribution in [0.1, 0.15) is 11.1 Å². The molecule has 2 aliphatic rings. The molecule has 120 valence electrons. The number of anilines is 1. The molecule has 2 aromatic carbocycles. The number of carbonyl (C=O) groups is 1. The molecular weight excluding hydrogens is 322 g/mol. The highest BCUT2D eigenvalue weighted by Crippen LogP contribution is 2.37. The van der Waals surface area contributed by atoms with Crippen LogP contribution < -0.4 is 14.4 Å². The van der Waals surface area contributed by atoms with Crippen LogP contribution in [0.4, 0.5) is 5.69 Å². The monoisotopic (exact) mass is 337 g/mol. The largest absolute Gasteiger partial charge is 0.458 e. The Kier molecular flexibility index (Phi) is 3.78. The summed E-state index contributed by atoms with van der Waals surface area (Å²) in [5, 5.41) is 0.913. The van der Waals surface area contributed by atoms with Crippen molar-refractivity contribution < 1.29 is 14.3 Å². The lowest BCUT2D eigenvalue weighted by atomic mass is 10.2. The smallest absolute Gasteiger partial charge is 0.242 e. The normalized spacial score (nSPS) is 17.6. The average Bonchev–Trinajstić information content (AvgIpc) is 2.96. The molecule has 5 heteroatoms. The van der Waals surface area contributed by atoms with Gasteiger partial charge in [-0.3, -0.25) is 9.69 Å². The van der Waals surface area contributed by atoms with Crippen molar-refractivity contribution in [3.05, 3.63) is 71.1 Å². The maximum atomic E-state index is 12.3. The first-order chi connectivity index (χ1) is 11.7. The number of ether oxygens (including phenoxy) is 2. The molecule has 1 saturated heterocycles. The highest BCUT2D eigenvalue weighted by atomic mass is 32.2. The number of benzene rings is 2. The maximum Gasteiger partial charge on any atom is 0.242 e. The van der Waals surface area contributed by atoms with E-state index in [-0.39, 0.29) is 5.91 Å². The van der Waals surface area contributed by atoms with E-state index in [4.69, 9.17) is 9.47 Å². The quantitative estimate of drug-likeness (QED) is 0.818. The molecule has 2 aliphatic heterocycles. The fraction of sp³-hybridized carbons (Fsp3) is 0.105. The molecule has 2 heterocycles. The van der Waals surface area contributed by atoms with Gasteiger partial charge in [-0.2, -0.15) is 0 Å². The Balaban J connectivity index is 1.68. The summed E-state index contributed by atoms with van der Waals surface area (Å²) in [6.45, 7) is 2.03. The van der Waals surface area contributed by atoms with Gasteiger partial charge >= 0.3 is 0 Å². The lowest BCUT2D eigenvalue weighted by molar-refractivity contribution is -0.115. The first-order valence-electron chi connectivity index (χ1n) is 7.57. The van der Waals surface area contributed by atoms with Crippen LogP contribution in [0.5, 0.6) is 11.5 Å². The first-order valence-corrected chi connectivity index (χ1v) is 8.56. The molecule has 0 atom stereocenters. The Bertz CT molecular complexity index is 855. The molecule has 0 bridgehead atoms. The molecule has 4 nitrogen and oxygen atoms in total. The van der Waals surface area contributed by atoms with Gasteiger partial charge in [-0.25, -0.2) is 0 Å². The summed E-state index contributed by atoms with van der Waals surface area (Å²) in [5.74, 6) is 1.90. The number of nitrogens with zero attached hydrogens (tertiary/aromatic N) is 1. The minimum Gasteiger partial charge on any atom is -0.458 e. The van der Waals surface area contributed by atoms with Crippen molar-refractivity contribution in [1.82, 2.24) is 0 Å². The Morgan fingerprint density at radius 2 is 1.79 bits per heavy atom. The van der Waals surface area contributed by atoms with Crippen molar-refractivity contribution in [3.63, 3.8) is 0 Å². The third kappa shape index (κ3) is 2.78. The molecule has 1 amide bonds. The zero-order valence-electron chi connectivity index (χ0n) is 13.1. The Morgan fingerprint density at radius 1 is 1.04 bits per heavy atom. The van der Waals surface area contributed by atoms with Gasteiger partial charge in [0.1, 0.15) is 12.5 Å². The predicted octanol–water partition coefficient (Wildman–Crippen LogP) is 4.32. The molecule has 0 aromatic heterocycles. The van der Waals surface area contributed by atoms with E-state index in [0.717, 1.165) is 16.3 Å². The summed E-state index contributed by atoms with van der Waals surface area (Å²) in [5.41, 5.74) is 3.02. The Hall–Kier alpha value is -2.66. The number of thioether (sulfide) groups is 1. The zero-order valence-corrected chi connectivity index (χ0v) is 13.9. The van der Waals surface area contributed by atoms with Crippen LogP contribution in [0.2, 0.25) is 0 Å². The summed E-state index contributed by atoms with van der Waals surface area (Å²) >= 11 is 1.54. The minimum absolute atomic E-state index is 0.0931. The van der Waals surface area contributed by atoms with Crippen molar-refractivity contribution in [3.8, 4) is 11.5 Å². The van der Waals surface area contributed by atoms with Gasteiger partial charge < -0.3 is 9.47 Å². The minimum atomic E-state index is 0.0931. The lowest BCUT2D eigenvalue weighted by Gasteiger charge is -2.18.